The first-order valence-electron chi connectivity index (χ1n) is 5.55. The molecule has 0 saturated heterocycles. The highest BCUT2D eigenvalue weighted by molar-refractivity contribution is 7.98. The zero-order valence-corrected chi connectivity index (χ0v) is 13.1. The Balaban J connectivity index is 2.42. The molecule has 20 heavy (non-hydrogen) atoms. The average Bonchev–Trinajstić information content (AvgIpc) is 2.91. The second kappa shape index (κ2) is 6.47. The third kappa shape index (κ3) is 3.08. The molecule has 1 heterocycles. The highest BCUT2D eigenvalue weighted by Crippen LogP contribution is 2.29. The molecule has 0 amide bonds. The Morgan fingerprint density at radius 3 is 2.80 bits per heavy atom. The van der Waals surface area contributed by atoms with Crippen LogP contribution in [0, 0.1) is 0 Å². The summed E-state index contributed by atoms with van der Waals surface area (Å²) in [7, 11) is 1.32. The van der Waals surface area contributed by atoms with Crippen molar-refractivity contribution in [1.82, 2.24) is 14.8 Å². The summed E-state index contributed by atoms with van der Waals surface area (Å²) in [5.74, 6) is -0.469. The monoisotopic (exact) mass is 331 g/mol. The predicted molar refractivity (Wildman–Crippen MR) is 78.7 cm³/mol. The molecule has 0 aliphatic carbocycles. The normalized spacial score (nSPS) is 10.6. The smallest absolute Gasteiger partial charge is 0.338 e. The van der Waals surface area contributed by atoms with Crippen LogP contribution >= 0.6 is 35.0 Å². The minimum absolute atomic E-state index is 0.289. The van der Waals surface area contributed by atoms with Gasteiger partial charge < -0.3 is 4.74 Å². The Kier molecular flexibility index (Phi) is 4.91. The lowest BCUT2D eigenvalue weighted by Crippen LogP contribution is -2.10. The molecule has 2 rings (SSSR count). The van der Waals surface area contributed by atoms with Crippen LogP contribution in [0.5, 0.6) is 0 Å². The third-order valence-electron chi connectivity index (χ3n) is 2.62. The van der Waals surface area contributed by atoms with Crippen LogP contribution in [0.2, 0.25) is 10.0 Å². The minimum atomic E-state index is -0.469. The average molecular weight is 332 g/mol. The van der Waals surface area contributed by atoms with Gasteiger partial charge in [0.05, 0.1) is 29.3 Å². The van der Waals surface area contributed by atoms with Gasteiger partial charge in [-0.1, -0.05) is 35.0 Å². The van der Waals surface area contributed by atoms with Crippen LogP contribution in [-0.2, 0) is 11.3 Å². The van der Waals surface area contributed by atoms with Gasteiger partial charge in [-0.3, -0.25) is 0 Å². The van der Waals surface area contributed by atoms with E-state index in [-0.39, 0.29) is 6.54 Å². The molecule has 0 N–H and O–H groups in total. The third-order valence-corrected chi connectivity index (χ3v) is 4.02. The summed E-state index contributed by atoms with van der Waals surface area (Å²) in [5.41, 5.74) is 0.923. The van der Waals surface area contributed by atoms with Crippen molar-refractivity contribution >= 4 is 40.9 Å². The fraction of sp³-hybridized carbons (Fsp3) is 0.250. The number of carbonyl (C=O) groups is 1. The Bertz CT molecular complexity index is 646. The molecule has 8 heteroatoms. The number of ether oxygens (including phenoxy) is 1. The summed E-state index contributed by atoms with van der Waals surface area (Å²) in [4.78, 5) is 15.9. The lowest BCUT2D eigenvalue weighted by atomic mass is 10.1. The Hall–Kier alpha value is -1.24. The number of benzene rings is 1. The van der Waals surface area contributed by atoms with Crippen LogP contribution in [-0.4, -0.2) is 34.1 Å². The number of rotatable bonds is 4. The van der Waals surface area contributed by atoms with E-state index in [2.05, 4.69) is 10.1 Å². The molecule has 0 unspecified atom stereocenters. The second-order valence-corrected chi connectivity index (χ2v) is 5.37. The van der Waals surface area contributed by atoms with Crippen molar-refractivity contribution in [2.24, 2.45) is 0 Å². The molecule has 0 atom stereocenters. The lowest BCUT2D eigenvalue weighted by Gasteiger charge is -2.11. The minimum Gasteiger partial charge on any atom is -0.465 e. The molecule has 0 aliphatic heterocycles. The van der Waals surface area contributed by atoms with Crippen molar-refractivity contribution in [3.63, 3.8) is 0 Å². The van der Waals surface area contributed by atoms with E-state index in [0.717, 1.165) is 0 Å². The summed E-state index contributed by atoms with van der Waals surface area (Å²) in [6.07, 6.45) is 3.45. The quantitative estimate of drug-likeness (QED) is 0.636. The maximum Gasteiger partial charge on any atom is 0.338 e. The van der Waals surface area contributed by atoms with Crippen molar-refractivity contribution in [3.05, 3.63) is 39.6 Å². The molecule has 0 fully saturated rings. The van der Waals surface area contributed by atoms with Crippen LogP contribution in [0.4, 0.5) is 0 Å². The van der Waals surface area contributed by atoms with Gasteiger partial charge in [0.1, 0.15) is 6.33 Å². The van der Waals surface area contributed by atoms with E-state index in [4.69, 9.17) is 27.9 Å². The number of thioether (sulfide) groups is 1. The first-order valence-corrected chi connectivity index (χ1v) is 7.53. The zero-order valence-electron chi connectivity index (χ0n) is 10.8. The van der Waals surface area contributed by atoms with E-state index >= 15 is 0 Å². The standard InChI is InChI=1S/C12H11Cl2N3O2S/c1-19-11(18)7-3-4-9(13)10(14)8(7)5-17-6-15-12(16-17)20-2/h3-4,6H,5H2,1-2H3. The van der Waals surface area contributed by atoms with Gasteiger partial charge in [-0.05, 0) is 18.4 Å². The van der Waals surface area contributed by atoms with Crippen molar-refractivity contribution in [3.8, 4) is 0 Å². The summed E-state index contributed by atoms with van der Waals surface area (Å²) in [6.45, 7) is 0.289. The van der Waals surface area contributed by atoms with E-state index in [1.165, 1.54) is 18.9 Å². The second-order valence-electron chi connectivity index (χ2n) is 3.81. The lowest BCUT2D eigenvalue weighted by molar-refractivity contribution is 0.0599. The molecule has 1 aromatic carbocycles. The van der Waals surface area contributed by atoms with Crippen molar-refractivity contribution < 1.29 is 9.53 Å². The number of aromatic nitrogens is 3. The van der Waals surface area contributed by atoms with Gasteiger partial charge >= 0.3 is 5.97 Å². The Labute approximate surface area is 130 Å². The number of carbonyl (C=O) groups excluding carboxylic acids is 1. The van der Waals surface area contributed by atoms with E-state index in [1.807, 2.05) is 6.26 Å². The number of hydrogen-bond donors (Lipinski definition) is 0. The van der Waals surface area contributed by atoms with E-state index < -0.39 is 5.97 Å². The Morgan fingerprint density at radius 2 is 2.20 bits per heavy atom. The highest BCUT2D eigenvalue weighted by atomic mass is 35.5. The van der Waals surface area contributed by atoms with E-state index in [1.54, 1.807) is 23.1 Å². The summed E-state index contributed by atoms with van der Waals surface area (Å²) in [6, 6.07) is 3.15. The summed E-state index contributed by atoms with van der Waals surface area (Å²) >= 11 is 13.6. The SMILES string of the molecule is COC(=O)c1ccc(Cl)c(Cl)c1Cn1cnc(SC)n1. The molecule has 0 spiro atoms. The maximum absolute atomic E-state index is 11.8. The maximum atomic E-state index is 11.8. The first-order chi connectivity index (χ1) is 9.56. The molecular formula is C12H11Cl2N3O2S. The number of hydrogen-bond acceptors (Lipinski definition) is 5. The van der Waals surface area contributed by atoms with Gasteiger partial charge in [0.2, 0.25) is 5.16 Å². The predicted octanol–water partition coefficient (Wildman–Crippen LogP) is 3.14. The number of esters is 1. The van der Waals surface area contributed by atoms with Crippen LogP contribution in [0.15, 0.2) is 23.6 Å². The van der Waals surface area contributed by atoms with Crippen LogP contribution in [0.3, 0.4) is 0 Å². The molecule has 0 bridgehead atoms. The molecule has 0 aliphatic rings. The van der Waals surface area contributed by atoms with Crippen molar-refractivity contribution in [2.75, 3.05) is 13.4 Å². The molecule has 106 valence electrons. The van der Waals surface area contributed by atoms with Gasteiger partial charge in [-0.25, -0.2) is 14.5 Å². The van der Waals surface area contributed by atoms with Gasteiger partial charge in [-0.2, -0.15) is 0 Å². The molecule has 0 radical (unpaired) electrons. The van der Waals surface area contributed by atoms with E-state index in [9.17, 15) is 4.79 Å². The van der Waals surface area contributed by atoms with Crippen LogP contribution in [0.25, 0.3) is 0 Å². The topological polar surface area (TPSA) is 57.0 Å². The number of methoxy groups -OCH3 is 1. The molecular weight excluding hydrogens is 321 g/mol. The van der Waals surface area contributed by atoms with Gasteiger partial charge in [0.15, 0.2) is 0 Å². The van der Waals surface area contributed by atoms with Crippen molar-refractivity contribution in [1.29, 1.82) is 0 Å². The fourth-order valence-electron chi connectivity index (χ4n) is 1.66. The van der Waals surface area contributed by atoms with Crippen molar-refractivity contribution in [2.45, 2.75) is 11.7 Å². The molecule has 2 aromatic rings. The van der Waals surface area contributed by atoms with E-state index in [0.29, 0.717) is 26.3 Å². The summed E-state index contributed by atoms with van der Waals surface area (Å²) in [5, 5.41) is 5.57. The number of halogens is 2. The van der Waals surface area contributed by atoms with Gasteiger partial charge in [0.25, 0.3) is 0 Å². The zero-order chi connectivity index (χ0) is 14.7. The molecule has 5 nitrogen and oxygen atoms in total. The molecule has 0 saturated carbocycles. The van der Waals surface area contributed by atoms with Crippen LogP contribution < -0.4 is 0 Å². The van der Waals surface area contributed by atoms with Crippen LogP contribution in [0.1, 0.15) is 15.9 Å². The largest absolute Gasteiger partial charge is 0.465 e. The first kappa shape index (κ1) is 15.2. The summed E-state index contributed by atoms with van der Waals surface area (Å²) < 4.78 is 6.34. The fourth-order valence-corrected chi connectivity index (χ4v) is 2.40. The Morgan fingerprint density at radius 1 is 1.45 bits per heavy atom. The van der Waals surface area contributed by atoms with Gasteiger partial charge in [-0.15, -0.1) is 5.10 Å². The number of nitrogens with zero attached hydrogens (tertiary/aromatic N) is 3. The highest BCUT2D eigenvalue weighted by Gasteiger charge is 2.18. The molecule has 1 aromatic heterocycles. The van der Waals surface area contributed by atoms with Gasteiger partial charge in [0, 0.05) is 5.56 Å².